The van der Waals surface area contributed by atoms with Gasteiger partial charge >= 0.3 is 0 Å². The molecule has 2 unspecified atom stereocenters. The molecule has 2 atom stereocenters. The van der Waals surface area contributed by atoms with E-state index >= 15 is 0 Å². The minimum Gasteiger partial charge on any atom is -0.322 e. The number of hydrogen-bond donors (Lipinski definition) is 2. The van der Waals surface area contributed by atoms with Crippen LogP contribution in [0.5, 0.6) is 0 Å². The smallest absolute Gasteiger partial charge is 0.255 e. The first-order valence-corrected chi connectivity index (χ1v) is 10.4. The molecule has 9 heteroatoms. The zero-order chi connectivity index (χ0) is 20.8. The van der Waals surface area contributed by atoms with Gasteiger partial charge in [-0.1, -0.05) is 11.6 Å². The molecule has 1 aromatic heterocycles. The van der Waals surface area contributed by atoms with Crippen LogP contribution in [0.2, 0.25) is 0 Å². The normalized spacial score (nSPS) is 22.6. The number of piperidine rings is 1. The second-order valence-corrected chi connectivity index (χ2v) is 8.29. The highest BCUT2D eigenvalue weighted by molar-refractivity contribution is 6.05. The molecule has 5 rings (SSSR count). The van der Waals surface area contributed by atoms with E-state index in [1.54, 1.807) is 15.6 Å². The SMILES string of the molecule is CNC(c1cn(-c2ccc3c(c2)CN(C2CCC(=O)NC2=O)C3=O)nn1)C1CCC1. The van der Waals surface area contributed by atoms with Gasteiger partial charge in [-0.25, -0.2) is 4.68 Å². The van der Waals surface area contributed by atoms with E-state index in [4.69, 9.17) is 0 Å². The molecular weight excluding hydrogens is 384 g/mol. The van der Waals surface area contributed by atoms with Crippen molar-refractivity contribution in [3.05, 3.63) is 41.2 Å². The quantitative estimate of drug-likeness (QED) is 0.717. The van der Waals surface area contributed by atoms with Crippen molar-refractivity contribution < 1.29 is 14.4 Å². The molecule has 1 aromatic carbocycles. The molecule has 3 heterocycles. The minimum absolute atomic E-state index is 0.175. The number of nitrogens with one attached hydrogen (secondary N) is 2. The lowest BCUT2D eigenvalue weighted by Gasteiger charge is -2.32. The summed E-state index contributed by atoms with van der Waals surface area (Å²) in [5.74, 6) is -0.264. The van der Waals surface area contributed by atoms with Crippen LogP contribution in [0.1, 0.15) is 59.8 Å². The Kier molecular flexibility index (Phi) is 4.62. The van der Waals surface area contributed by atoms with Gasteiger partial charge in [0, 0.05) is 18.5 Å². The first-order chi connectivity index (χ1) is 14.5. The predicted molar refractivity (Wildman–Crippen MR) is 107 cm³/mol. The van der Waals surface area contributed by atoms with Gasteiger partial charge < -0.3 is 10.2 Å². The number of imide groups is 1. The lowest BCUT2D eigenvalue weighted by molar-refractivity contribution is -0.136. The summed E-state index contributed by atoms with van der Waals surface area (Å²) in [5.41, 5.74) is 3.19. The van der Waals surface area contributed by atoms with Gasteiger partial charge in [0.25, 0.3) is 5.91 Å². The molecule has 1 saturated carbocycles. The maximum absolute atomic E-state index is 12.8. The maximum atomic E-state index is 12.8. The number of nitrogens with zero attached hydrogens (tertiary/aromatic N) is 4. The van der Waals surface area contributed by atoms with Gasteiger partial charge in [-0.2, -0.15) is 0 Å². The third-order valence-electron chi connectivity index (χ3n) is 6.53. The second-order valence-electron chi connectivity index (χ2n) is 8.29. The summed E-state index contributed by atoms with van der Waals surface area (Å²) in [6.45, 7) is 0.344. The van der Waals surface area contributed by atoms with Crippen LogP contribution >= 0.6 is 0 Å². The molecule has 30 heavy (non-hydrogen) atoms. The maximum Gasteiger partial charge on any atom is 0.255 e. The first-order valence-electron chi connectivity index (χ1n) is 10.4. The Hall–Kier alpha value is -3.07. The third-order valence-corrected chi connectivity index (χ3v) is 6.53. The van der Waals surface area contributed by atoms with Crippen molar-refractivity contribution in [2.24, 2.45) is 5.92 Å². The standard InChI is InChI=1S/C21H24N6O3/c1-22-19(12-3-2-4-12)16-11-27(25-24-16)14-5-6-15-13(9-14)10-26(21(15)30)17-7-8-18(28)23-20(17)29/h5-6,9,11-12,17,19,22H,2-4,7-8,10H2,1H3,(H,23,28,29). The molecule has 0 spiro atoms. The van der Waals surface area contributed by atoms with Gasteiger partial charge in [0.05, 0.1) is 17.9 Å². The average molecular weight is 408 g/mol. The summed E-state index contributed by atoms with van der Waals surface area (Å²) in [6.07, 6.45) is 6.22. The summed E-state index contributed by atoms with van der Waals surface area (Å²) in [6, 6.07) is 5.15. The van der Waals surface area contributed by atoms with Crippen LogP contribution < -0.4 is 10.6 Å². The fraction of sp³-hybridized carbons (Fsp3) is 0.476. The van der Waals surface area contributed by atoms with Crippen LogP contribution in [0.4, 0.5) is 0 Å². The van der Waals surface area contributed by atoms with Gasteiger partial charge in [-0.3, -0.25) is 19.7 Å². The van der Waals surface area contributed by atoms with Crippen molar-refractivity contribution in [1.29, 1.82) is 0 Å². The number of carbonyl (C=O) groups excluding carboxylic acids is 3. The zero-order valence-corrected chi connectivity index (χ0v) is 16.8. The van der Waals surface area contributed by atoms with Crippen molar-refractivity contribution in [2.45, 2.75) is 50.7 Å². The van der Waals surface area contributed by atoms with E-state index in [-0.39, 0.29) is 24.3 Å². The molecule has 1 saturated heterocycles. The predicted octanol–water partition coefficient (Wildman–Crippen LogP) is 1.09. The molecule has 0 radical (unpaired) electrons. The van der Waals surface area contributed by atoms with E-state index in [0.717, 1.165) is 16.9 Å². The third kappa shape index (κ3) is 3.09. The van der Waals surface area contributed by atoms with Crippen LogP contribution in [-0.2, 0) is 16.1 Å². The number of benzene rings is 1. The summed E-state index contributed by atoms with van der Waals surface area (Å²) in [7, 11) is 1.95. The zero-order valence-electron chi connectivity index (χ0n) is 16.8. The van der Waals surface area contributed by atoms with E-state index < -0.39 is 11.9 Å². The molecule has 3 aliphatic rings. The Morgan fingerprint density at radius 2 is 2.03 bits per heavy atom. The van der Waals surface area contributed by atoms with Crippen LogP contribution in [0.3, 0.4) is 0 Å². The molecular formula is C21H24N6O3. The Balaban J connectivity index is 1.37. The van der Waals surface area contributed by atoms with Crippen molar-refractivity contribution in [3.63, 3.8) is 0 Å². The summed E-state index contributed by atoms with van der Waals surface area (Å²) in [4.78, 5) is 38.0. The summed E-state index contributed by atoms with van der Waals surface area (Å²) >= 11 is 0. The summed E-state index contributed by atoms with van der Waals surface area (Å²) in [5, 5.41) is 14.3. The highest BCUT2D eigenvalue weighted by Gasteiger charge is 2.39. The van der Waals surface area contributed by atoms with Crippen LogP contribution in [0, 0.1) is 5.92 Å². The second kappa shape index (κ2) is 7.32. The minimum atomic E-state index is -0.608. The molecule has 9 nitrogen and oxygen atoms in total. The Morgan fingerprint density at radius 3 is 2.73 bits per heavy atom. The lowest BCUT2D eigenvalue weighted by atomic mass is 9.79. The van der Waals surface area contributed by atoms with E-state index in [9.17, 15) is 14.4 Å². The molecule has 156 valence electrons. The van der Waals surface area contributed by atoms with Crippen molar-refractivity contribution in [3.8, 4) is 5.69 Å². The lowest BCUT2D eigenvalue weighted by Crippen LogP contribution is -2.52. The number of rotatable bonds is 5. The van der Waals surface area contributed by atoms with E-state index in [1.165, 1.54) is 19.3 Å². The van der Waals surface area contributed by atoms with Gasteiger partial charge in [-0.05, 0) is 56.0 Å². The van der Waals surface area contributed by atoms with Gasteiger partial charge in [0.1, 0.15) is 11.7 Å². The number of fused-ring (bicyclic) bond motifs is 1. The highest BCUT2D eigenvalue weighted by atomic mass is 16.2. The average Bonchev–Trinajstić information content (AvgIpc) is 3.30. The molecule has 1 aliphatic carbocycles. The largest absolute Gasteiger partial charge is 0.322 e. The molecule has 2 aromatic rings. The molecule has 2 N–H and O–H groups in total. The van der Waals surface area contributed by atoms with Crippen LogP contribution in [0.25, 0.3) is 5.69 Å². The molecule has 0 bridgehead atoms. The van der Waals surface area contributed by atoms with E-state index in [2.05, 4.69) is 20.9 Å². The van der Waals surface area contributed by atoms with E-state index in [1.807, 2.05) is 25.4 Å². The number of amides is 3. The monoisotopic (exact) mass is 408 g/mol. The number of hydrogen-bond acceptors (Lipinski definition) is 6. The molecule has 2 aliphatic heterocycles. The fourth-order valence-corrected chi connectivity index (χ4v) is 4.65. The fourth-order valence-electron chi connectivity index (χ4n) is 4.65. The topological polar surface area (TPSA) is 109 Å². The molecule has 2 fully saturated rings. The van der Waals surface area contributed by atoms with Crippen LogP contribution in [-0.4, -0.2) is 50.7 Å². The number of aromatic nitrogens is 3. The summed E-state index contributed by atoms with van der Waals surface area (Å²) < 4.78 is 1.73. The highest BCUT2D eigenvalue weighted by Crippen LogP contribution is 2.37. The first kappa shape index (κ1) is 18.9. The van der Waals surface area contributed by atoms with E-state index in [0.29, 0.717) is 24.4 Å². The van der Waals surface area contributed by atoms with Crippen LogP contribution in [0.15, 0.2) is 24.4 Å². The Morgan fingerprint density at radius 1 is 1.20 bits per heavy atom. The van der Waals surface area contributed by atoms with Crippen molar-refractivity contribution in [2.75, 3.05) is 7.05 Å². The van der Waals surface area contributed by atoms with Crippen molar-refractivity contribution in [1.82, 2.24) is 30.5 Å². The molecule has 3 amide bonds. The number of carbonyl (C=O) groups is 3. The van der Waals surface area contributed by atoms with Gasteiger partial charge in [0.15, 0.2) is 0 Å². The van der Waals surface area contributed by atoms with Crippen molar-refractivity contribution >= 4 is 17.7 Å². The van der Waals surface area contributed by atoms with Gasteiger partial charge in [-0.15, -0.1) is 5.10 Å². The van der Waals surface area contributed by atoms with Gasteiger partial charge in [0.2, 0.25) is 11.8 Å². The Labute approximate surface area is 173 Å². The Bertz CT molecular complexity index is 1030.